The molecule has 0 heterocycles. The first kappa shape index (κ1) is 23.2. The molecule has 0 amide bonds. The summed E-state index contributed by atoms with van der Waals surface area (Å²) in [5.41, 5.74) is 0.0872. The van der Waals surface area contributed by atoms with Gasteiger partial charge in [-0.15, -0.1) is 24.0 Å². The van der Waals surface area contributed by atoms with Crippen LogP contribution in [-0.2, 0) is 14.2 Å². The second-order valence-corrected chi connectivity index (χ2v) is 5.58. The number of ether oxygens (including phenoxy) is 3. The minimum absolute atomic E-state index is 0. The zero-order chi connectivity index (χ0) is 15.4. The van der Waals surface area contributed by atoms with Crippen LogP contribution < -0.4 is 10.6 Å². The van der Waals surface area contributed by atoms with Crippen LogP contribution in [0.15, 0.2) is 4.99 Å². The van der Waals surface area contributed by atoms with E-state index in [4.69, 9.17) is 14.2 Å². The topological polar surface area (TPSA) is 64.1 Å². The van der Waals surface area contributed by atoms with Crippen molar-refractivity contribution < 1.29 is 14.2 Å². The minimum atomic E-state index is 0. The molecule has 128 valence electrons. The van der Waals surface area contributed by atoms with E-state index in [1.54, 1.807) is 21.3 Å². The molecule has 0 aromatic carbocycles. The Bertz CT molecular complexity index is 271. The van der Waals surface area contributed by atoms with E-state index in [1.807, 2.05) is 0 Å². The van der Waals surface area contributed by atoms with E-state index in [9.17, 15) is 0 Å². The van der Waals surface area contributed by atoms with Gasteiger partial charge in [0.1, 0.15) is 0 Å². The summed E-state index contributed by atoms with van der Waals surface area (Å²) in [5, 5.41) is 6.46. The van der Waals surface area contributed by atoms with Crippen LogP contribution in [0.5, 0.6) is 0 Å². The Hall–Kier alpha value is -0.120. The van der Waals surface area contributed by atoms with Gasteiger partial charge in [0.25, 0.3) is 0 Å². The highest BCUT2D eigenvalue weighted by Crippen LogP contribution is 2.20. The third kappa shape index (κ3) is 12.1. The average Bonchev–Trinajstić information content (AvgIpc) is 2.39. The van der Waals surface area contributed by atoms with Crippen LogP contribution in [0.2, 0.25) is 0 Å². The van der Waals surface area contributed by atoms with E-state index in [0.29, 0.717) is 32.9 Å². The first-order valence-electron chi connectivity index (χ1n) is 6.99. The standard InChI is InChI=1S/C14H31N3O3.HI/c1-14(2,3)12(19-6)11-17-13(15-4)16-7-8-20-10-9-18-5;/h12H,7-11H2,1-6H3,(H2,15,16,17);1H. The van der Waals surface area contributed by atoms with Gasteiger partial charge in [0, 0.05) is 34.4 Å². The number of aliphatic imine (C=N–C) groups is 1. The van der Waals surface area contributed by atoms with E-state index >= 15 is 0 Å². The van der Waals surface area contributed by atoms with Crippen molar-refractivity contribution in [2.45, 2.75) is 26.9 Å². The number of rotatable bonds is 9. The van der Waals surface area contributed by atoms with E-state index < -0.39 is 0 Å². The van der Waals surface area contributed by atoms with Gasteiger partial charge in [-0.25, -0.2) is 0 Å². The molecular weight excluding hydrogens is 385 g/mol. The molecule has 0 aromatic heterocycles. The smallest absolute Gasteiger partial charge is 0.191 e. The van der Waals surface area contributed by atoms with Gasteiger partial charge in [0.05, 0.1) is 25.9 Å². The van der Waals surface area contributed by atoms with Crippen molar-refractivity contribution >= 4 is 29.9 Å². The minimum Gasteiger partial charge on any atom is -0.382 e. The van der Waals surface area contributed by atoms with Crippen molar-refractivity contribution in [1.29, 1.82) is 0 Å². The summed E-state index contributed by atoms with van der Waals surface area (Å²) >= 11 is 0. The van der Waals surface area contributed by atoms with Gasteiger partial charge in [-0.3, -0.25) is 4.99 Å². The lowest BCUT2D eigenvalue weighted by Crippen LogP contribution is -2.46. The van der Waals surface area contributed by atoms with Gasteiger partial charge in [-0.05, 0) is 5.41 Å². The molecule has 0 aliphatic carbocycles. The van der Waals surface area contributed by atoms with Crippen molar-refractivity contribution in [1.82, 2.24) is 10.6 Å². The van der Waals surface area contributed by atoms with Crippen molar-refractivity contribution in [2.75, 3.05) is 54.2 Å². The maximum Gasteiger partial charge on any atom is 0.191 e. The predicted octanol–water partition coefficient (Wildman–Crippen LogP) is 1.49. The molecule has 0 rings (SSSR count). The molecule has 6 nitrogen and oxygen atoms in total. The average molecular weight is 417 g/mol. The normalized spacial score (nSPS) is 13.5. The Balaban J connectivity index is 0. The lowest BCUT2D eigenvalue weighted by Gasteiger charge is -2.30. The molecule has 0 saturated heterocycles. The summed E-state index contributed by atoms with van der Waals surface area (Å²) in [4.78, 5) is 4.17. The number of methoxy groups -OCH3 is 2. The van der Waals surface area contributed by atoms with Crippen LogP contribution in [0.25, 0.3) is 0 Å². The quantitative estimate of drug-likeness (QED) is 0.258. The van der Waals surface area contributed by atoms with Crippen LogP contribution in [0.3, 0.4) is 0 Å². The molecule has 2 N–H and O–H groups in total. The molecule has 21 heavy (non-hydrogen) atoms. The lowest BCUT2D eigenvalue weighted by atomic mass is 9.89. The number of hydrogen-bond donors (Lipinski definition) is 2. The molecule has 0 aliphatic rings. The van der Waals surface area contributed by atoms with Gasteiger partial charge < -0.3 is 24.8 Å². The molecule has 0 radical (unpaired) electrons. The fraction of sp³-hybridized carbons (Fsp3) is 0.929. The highest BCUT2D eigenvalue weighted by molar-refractivity contribution is 14.0. The van der Waals surface area contributed by atoms with Crippen LogP contribution in [0, 0.1) is 5.41 Å². The zero-order valence-corrected chi connectivity index (χ0v) is 16.5. The summed E-state index contributed by atoms with van der Waals surface area (Å²) in [6, 6.07) is 0. The second kappa shape index (κ2) is 13.5. The second-order valence-electron chi connectivity index (χ2n) is 5.58. The highest BCUT2D eigenvalue weighted by Gasteiger charge is 2.24. The summed E-state index contributed by atoms with van der Waals surface area (Å²) in [7, 11) is 5.15. The molecule has 0 spiro atoms. The summed E-state index contributed by atoms with van der Waals surface area (Å²) in [6.07, 6.45) is 0.124. The Morgan fingerprint density at radius 1 is 1.10 bits per heavy atom. The van der Waals surface area contributed by atoms with Gasteiger partial charge in [0.15, 0.2) is 5.96 Å². The monoisotopic (exact) mass is 417 g/mol. The molecule has 0 saturated carbocycles. The van der Waals surface area contributed by atoms with E-state index in [2.05, 4.69) is 36.4 Å². The maximum atomic E-state index is 5.50. The number of halogens is 1. The Labute approximate surface area is 146 Å². The van der Waals surface area contributed by atoms with E-state index in [1.165, 1.54) is 0 Å². The summed E-state index contributed by atoms with van der Waals surface area (Å²) in [6.45, 7) is 9.74. The van der Waals surface area contributed by atoms with Gasteiger partial charge in [0.2, 0.25) is 0 Å². The zero-order valence-electron chi connectivity index (χ0n) is 14.2. The summed E-state index contributed by atoms with van der Waals surface area (Å²) in [5.74, 6) is 0.756. The number of guanidine groups is 1. The molecule has 0 aromatic rings. The third-order valence-electron chi connectivity index (χ3n) is 2.90. The highest BCUT2D eigenvalue weighted by atomic mass is 127. The molecule has 0 aliphatic heterocycles. The first-order chi connectivity index (χ1) is 9.45. The molecule has 7 heteroatoms. The van der Waals surface area contributed by atoms with Gasteiger partial charge in [-0.1, -0.05) is 20.8 Å². The predicted molar refractivity (Wildman–Crippen MR) is 97.7 cm³/mol. The maximum absolute atomic E-state index is 5.50. The van der Waals surface area contributed by atoms with Crippen molar-refractivity contribution in [3.05, 3.63) is 0 Å². The fourth-order valence-electron chi connectivity index (χ4n) is 1.64. The Morgan fingerprint density at radius 2 is 1.76 bits per heavy atom. The van der Waals surface area contributed by atoms with Crippen LogP contribution in [0.1, 0.15) is 20.8 Å². The Kier molecular flexibility index (Phi) is 14.9. The molecular formula is C14H32IN3O3. The third-order valence-corrected chi connectivity index (χ3v) is 2.90. The van der Waals surface area contributed by atoms with Crippen LogP contribution in [0.4, 0.5) is 0 Å². The number of nitrogens with one attached hydrogen (secondary N) is 2. The summed E-state index contributed by atoms with van der Waals surface area (Å²) < 4.78 is 15.8. The first-order valence-corrected chi connectivity index (χ1v) is 6.99. The molecule has 0 fully saturated rings. The van der Waals surface area contributed by atoms with Crippen LogP contribution >= 0.6 is 24.0 Å². The van der Waals surface area contributed by atoms with E-state index in [-0.39, 0.29) is 35.5 Å². The van der Waals surface area contributed by atoms with Crippen LogP contribution in [-0.4, -0.2) is 66.2 Å². The SMILES string of the molecule is CN=C(NCCOCCOC)NCC(OC)C(C)(C)C.I. The van der Waals surface area contributed by atoms with Gasteiger partial charge in [-0.2, -0.15) is 0 Å². The lowest BCUT2D eigenvalue weighted by molar-refractivity contribution is 0.0205. The van der Waals surface area contributed by atoms with E-state index in [0.717, 1.165) is 5.96 Å². The largest absolute Gasteiger partial charge is 0.382 e. The fourth-order valence-corrected chi connectivity index (χ4v) is 1.64. The van der Waals surface area contributed by atoms with Crippen molar-refractivity contribution in [3.63, 3.8) is 0 Å². The Morgan fingerprint density at radius 3 is 2.24 bits per heavy atom. The number of hydrogen-bond acceptors (Lipinski definition) is 4. The van der Waals surface area contributed by atoms with Crippen molar-refractivity contribution in [3.8, 4) is 0 Å². The molecule has 1 atom stereocenters. The molecule has 1 unspecified atom stereocenters. The van der Waals surface area contributed by atoms with Crippen molar-refractivity contribution in [2.24, 2.45) is 10.4 Å². The van der Waals surface area contributed by atoms with Gasteiger partial charge >= 0.3 is 0 Å². The number of nitrogens with zero attached hydrogens (tertiary/aromatic N) is 1. The molecule has 0 bridgehead atoms.